The number of sulfonamides is 1. The van der Waals surface area contributed by atoms with Crippen LogP contribution >= 0.6 is 11.6 Å². The average Bonchev–Trinajstić information content (AvgIpc) is 2.85. The first kappa shape index (κ1) is 23.3. The zero-order chi connectivity index (χ0) is 23.3. The molecular formula is C25H26ClN3O3S. The van der Waals surface area contributed by atoms with Crippen LogP contribution in [0.15, 0.2) is 78.9 Å². The monoisotopic (exact) mass is 483 g/mol. The van der Waals surface area contributed by atoms with Gasteiger partial charge in [-0.05, 0) is 47.5 Å². The van der Waals surface area contributed by atoms with Crippen LogP contribution in [0.5, 0.6) is 0 Å². The lowest BCUT2D eigenvalue weighted by atomic mass is 10.0. The molecule has 33 heavy (non-hydrogen) atoms. The first-order chi connectivity index (χ1) is 15.9. The molecule has 1 heterocycles. The van der Waals surface area contributed by atoms with Crippen LogP contribution in [0, 0.1) is 0 Å². The van der Waals surface area contributed by atoms with Gasteiger partial charge in [-0.1, -0.05) is 54.1 Å². The normalized spacial score (nSPS) is 14.8. The number of piperazine rings is 1. The Bertz CT molecular complexity index is 1180. The summed E-state index contributed by atoms with van der Waals surface area (Å²) in [5.41, 5.74) is 3.63. The third kappa shape index (κ3) is 5.93. The third-order valence-electron chi connectivity index (χ3n) is 5.72. The second kappa shape index (κ2) is 10.4. The summed E-state index contributed by atoms with van der Waals surface area (Å²) in [6.45, 7) is 2.13. The number of hydrogen-bond acceptors (Lipinski definition) is 4. The fourth-order valence-corrected chi connectivity index (χ4v) is 5.31. The molecule has 0 radical (unpaired) electrons. The largest absolute Gasteiger partial charge is 0.369 e. The highest BCUT2D eigenvalue weighted by atomic mass is 35.5. The van der Waals surface area contributed by atoms with E-state index in [1.165, 1.54) is 4.31 Å². The van der Waals surface area contributed by atoms with Gasteiger partial charge in [0, 0.05) is 49.0 Å². The molecule has 0 saturated carbocycles. The zero-order valence-electron chi connectivity index (χ0n) is 18.2. The second-order valence-electron chi connectivity index (χ2n) is 7.88. The van der Waals surface area contributed by atoms with E-state index in [0.717, 1.165) is 16.8 Å². The van der Waals surface area contributed by atoms with Gasteiger partial charge in [0.25, 0.3) is 5.91 Å². The van der Waals surface area contributed by atoms with Crippen molar-refractivity contribution in [1.29, 1.82) is 0 Å². The molecule has 4 rings (SSSR count). The molecular weight excluding hydrogens is 458 g/mol. The number of carbonyl (C=O) groups is 1. The Kier molecular flexibility index (Phi) is 7.33. The van der Waals surface area contributed by atoms with Crippen molar-refractivity contribution in [3.05, 3.63) is 89.4 Å². The fraction of sp³-hybridized carbons (Fsp3) is 0.240. The molecule has 0 spiro atoms. The minimum atomic E-state index is -3.45. The van der Waals surface area contributed by atoms with Crippen molar-refractivity contribution >= 4 is 33.2 Å². The van der Waals surface area contributed by atoms with Gasteiger partial charge in [-0.2, -0.15) is 4.31 Å². The van der Waals surface area contributed by atoms with Gasteiger partial charge in [-0.25, -0.2) is 8.42 Å². The highest BCUT2D eigenvalue weighted by Gasteiger charge is 2.27. The van der Waals surface area contributed by atoms with Crippen LogP contribution in [0.3, 0.4) is 0 Å². The summed E-state index contributed by atoms with van der Waals surface area (Å²) < 4.78 is 27.0. The number of amides is 1. The molecule has 3 aromatic carbocycles. The van der Waals surface area contributed by atoms with Crippen LogP contribution in [0.1, 0.15) is 10.4 Å². The Labute approximate surface area is 199 Å². The molecule has 1 N–H and O–H groups in total. The molecule has 6 nitrogen and oxygen atoms in total. The summed E-state index contributed by atoms with van der Waals surface area (Å²) in [6, 6.07) is 24.7. The smallest absolute Gasteiger partial charge is 0.251 e. The van der Waals surface area contributed by atoms with E-state index < -0.39 is 10.0 Å². The number of nitrogens with zero attached hydrogens (tertiary/aromatic N) is 2. The van der Waals surface area contributed by atoms with Gasteiger partial charge in [-0.15, -0.1) is 0 Å². The summed E-state index contributed by atoms with van der Waals surface area (Å²) in [5.74, 6) is -0.403. The van der Waals surface area contributed by atoms with E-state index in [9.17, 15) is 13.2 Å². The first-order valence-corrected chi connectivity index (χ1v) is 12.8. The number of halogens is 1. The summed E-state index contributed by atoms with van der Waals surface area (Å²) in [4.78, 5) is 14.6. The molecule has 3 aromatic rings. The van der Waals surface area contributed by atoms with Gasteiger partial charge < -0.3 is 10.2 Å². The van der Waals surface area contributed by atoms with Gasteiger partial charge in [0.1, 0.15) is 0 Å². The van der Waals surface area contributed by atoms with Crippen LogP contribution in [0.25, 0.3) is 11.1 Å². The Balaban J connectivity index is 1.26. The Hall–Kier alpha value is -2.87. The van der Waals surface area contributed by atoms with Crippen LogP contribution in [0.2, 0.25) is 5.02 Å². The van der Waals surface area contributed by atoms with E-state index in [0.29, 0.717) is 36.8 Å². The maximum absolute atomic E-state index is 12.7. The van der Waals surface area contributed by atoms with E-state index >= 15 is 0 Å². The van der Waals surface area contributed by atoms with E-state index in [2.05, 4.69) is 10.2 Å². The van der Waals surface area contributed by atoms with E-state index in [1.54, 1.807) is 12.1 Å². The quantitative estimate of drug-likeness (QED) is 0.553. The number of rotatable bonds is 7. The lowest BCUT2D eigenvalue weighted by molar-refractivity contribution is 0.0956. The minimum Gasteiger partial charge on any atom is -0.369 e. The maximum atomic E-state index is 12.7. The van der Waals surface area contributed by atoms with E-state index in [1.807, 2.05) is 66.7 Å². The molecule has 0 atom stereocenters. The third-order valence-corrected chi connectivity index (χ3v) is 7.85. The molecule has 0 aromatic heterocycles. The lowest BCUT2D eigenvalue weighted by Gasteiger charge is -2.35. The number of benzene rings is 3. The zero-order valence-corrected chi connectivity index (χ0v) is 19.7. The lowest BCUT2D eigenvalue weighted by Crippen LogP contribution is -2.50. The molecule has 0 aliphatic carbocycles. The van der Waals surface area contributed by atoms with Gasteiger partial charge in [0.05, 0.1) is 5.75 Å². The number of anilines is 1. The molecule has 1 aliphatic rings. The SMILES string of the molecule is O=C(NCCS(=O)(=O)N1CCN(c2ccc(Cl)cc2)CC1)c1ccc(-c2ccccc2)cc1. The summed E-state index contributed by atoms with van der Waals surface area (Å²) in [6.07, 6.45) is 0. The van der Waals surface area contributed by atoms with Crippen LogP contribution in [-0.2, 0) is 10.0 Å². The van der Waals surface area contributed by atoms with Crippen molar-refractivity contribution in [2.24, 2.45) is 0 Å². The van der Waals surface area contributed by atoms with Crippen LogP contribution in [-0.4, -0.2) is 57.1 Å². The van der Waals surface area contributed by atoms with Gasteiger partial charge in [-0.3, -0.25) is 4.79 Å². The Morgan fingerprint density at radius 2 is 1.42 bits per heavy atom. The standard InChI is InChI=1S/C25H26ClN3O3S/c26-23-10-12-24(13-11-23)28-15-17-29(18-16-28)33(31,32)19-14-27-25(30)22-8-6-21(7-9-22)20-4-2-1-3-5-20/h1-13H,14-19H2,(H,27,30). The number of carbonyl (C=O) groups excluding carboxylic acids is 1. The topological polar surface area (TPSA) is 69.7 Å². The minimum absolute atomic E-state index is 0.0685. The van der Waals surface area contributed by atoms with Gasteiger partial charge >= 0.3 is 0 Å². The molecule has 1 saturated heterocycles. The molecule has 1 aliphatic heterocycles. The van der Waals surface area contributed by atoms with Crippen molar-refractivity contribution in [2.75, 3.05) is 43.4 Å². The fourth-order valence-electron chi connectivity index (χ4n) is 3.85. The van der Waals surface area contributed by atoms with Crippen LogP contribution in [0.4, 0.5) is 5.69 Å². The Morgan fingerprint density at radius 3 is 2.06 bits per heavy atom. The molecule has 8 heteroatoms. The van der Waals surface area contributed by atoms with Gasteiger partial charge in [0.15, 0.2) is 0 Å². The summed E-state index contributed by atoms with van der Waals surface area (Å²) >= 11 is 5.94. The Morgan fingerprint density at radius 1 is 0.818 bits per heavy atom. The van der Waals surface area contributed by atoms with Crippen molar-refractivity contribution in [1.82, 2.24) is 9.62 Å². The number of nitrogens with one attached hydrogen (secondary N) is 1. The molecule has 0 unspecified atom stereocenters. The van der Waals surface area contributed by atoms with Crippen molar-refractivity contribution in [2.45, 2.75) is 0 Å². The summed E-state index contributed by atoms with van der Waals surface area (Å²) in [5, 5.41) is 3.40. The van der Waals surface area contributed by atoms with Crippen molar-refractivity contribution in [3.8, 4) is 11.1 Å². The average molecular weight is 484 g/mol. The molecule has 0 bridgehead atoms. The van der Waals surface area contributed by atoms with E-state index in [4.69, 9.17) is 11.6 Å². The maximum Gasteiger partial charge on any atom is 0.251 e. The molecule has 172 valence electrons. The summed E-state index contributed by atoms with van der Waals surface area (Å²) in [7, 11) is -3.45. The predicted molar refractivity (Wildman–Crippen MR) is 133 cm³/mol. The predicted octanol–water partition coefficient (Wildman–Crippen LogP) is 3.89. The highest BCUT2D eigenvalue weighted by molar-refractivity contribution is 7.89. The van der Waals surface area contributed by atoms with Crippen molar-refractivity contribution in [3.63, 3.8) is 0 Å². The van der Waals surface area contributed by atoms with Crippen LogP contribution < -0.4 is 10.2 Å². The number of hydrogen-bond donors (Lipinski definition) is 1. The first-order valence-electron chi connectivity index (χ1n) is 10.8. The highest BCUT2D eigenvalue weighted by Crippen LogP contribution is 2.21. The van der Waals surface area contributed by atoms with Crippen molar-refractivity contribution < 1.29 is 13.2 Å². The van der Waals surface area contributed by atoms with E-state index in [-0.39, 0.29) is 18.2 Å². The molecule has 1 fully saturated rings. The molecule has 1 amide bonds. The van der Waals surface area contributed by atoms with Gasteiger partial charge in [0.2, 0.25) is 10.0 Å². The second-order valence-corrected chi connectivity index (χ2v) is 10.4.